The van der Waals surface area contributed by atoms with E-state index in [0.717, 1.165) is 17.5 Å². The lowest BCUT2D eigenvalue weighted by Gasteiger charge is -2.20. The summed E-state index contributed by atoms with van der Waals surface area (Å²) < 4.78 is 0. The van der Waals surface area contributed by atoms with E-state index < -0.39 is 0 Å². The van der Waals surface area contributed by atoms with E-state index in [1.54, 1.807) is 0 Å². The average molecular weight is 279 g/mol. The maximum Gasteiger partial charge on any atom is 0.224 e. The predicted octanol–water partition coefficient (Wildman–Crippen LogP) is 4.60. The summed E-state index contributed by atoms with van der Waals surface area (Å²) in [7, 11) is 0. The molecule has 2 nitrogen and oxygen atoms in total. The van der Waals surface area contributed by atoms with Gasteiger partial charge in [0.2, 0.25) is 5.91 Å². The first-order valence-corrected chi connectivity index (χ1v) is 8.06. The highest BCUT2D eigenvalue weighted by Gasteiger charge is 2.40. The van der Waals surface area contributed by atoms with Crippen molar-refractivity contribution in [1.82, 2.24) is 0 Å². The SMILES string of the molecule is O=C(C[C@H]1C[C@@H]2CC[C@@H]1C2)Nc1ccc2ccccc2c1. The zero-order valence-electron chi connectivity index (χ0n) is 12.2. The molecule has 1 amide bonds. The first kappa shape index (κ1) is 12.9. The summed E-state index contributed by atoms with van der Waals surface area (Å²) in [4.78, 5) is 12.3. The molecule has 2 bridgehead atoms. The van der Waals surface area contributed by atoms with Gasteiger partial charge >= 0.3 is 0 Å². The Morgan fingerprint density at radius 1 is 1.05 bits per heavy atom. The van der Waals surface area contributed by atoms with Gasteiger partial charge in [0.15, 0.2) is 0 Å². The number of carbonyl (C=O) groups is 1. The molecule has 108 valence electrons. The van der Waals surface area contributed by atoms with Gasteiger partial charge in [0.25, 0.3) is 0 Å². The van der Waals surface area contributed by atoms with Crippen molar-refractivity contribution in [3.63, 3.8) is 0 Å². The molecule has 1 N–H and O–H groups in total. The van der Waals surface area contributed by atoms with Crippen molar-refractivity contribution in [3.8, 4) is 0 Å². The minimum atomic E-state index is 0.183. The molecule has 0 saturated heterocycles. The second-order valence-electron chi connectivity index (χ2n) is 6.75. The van der Waals surface area contributed by atoms with Crippen molar-refractivity contribution in [1.29, 1.82) is 0 Å². The molecular formula is C19H21NO. The van der Waals surface area contributed by atoms with Gasteiger partial charge in [-0.15, -0.1) is 0 Å². The van der Waals surface area contributed by atoms with Crippen LogP contribution in [0.3, 0.4) is 0 Å². The highest BCUT2D eigenvalue weighted by Crippen LogP contribution is 2.49. The summed E-state index contributed by atoms with van der Waals surface area (Å²) in [5.41, 5.74) is 0.918. The first-order valence-electron chi connectivity index (χ1n) is 8.06. The minimum Gasteiger partial charge on any atom is -0.326 e. The Morgan fingerprint density at radius 3 is 2.67 bits per heavy atom. The van der Waals surface area contributed by atoms with Crippen molar-refractivity contribution >= 4 is 22.4 Å². The number of carbonyl (C=O) groups excluding carboxylic acids is 1. The van der Waals surface area contributed by atoms with Crippen LogP contribution in [0.4, 0.5) is 5.69 Å². The van der Waals surface area contributed by atoms with Gasteiger partial charge in [-0.25, -0.2) is 0 Å². The summed E-state index contributed by atoms with van der Waals surface area (Å²) in [6.07, 6.45) is 6.09. The third-order valence-corrected chi connectivity index (χ3v) is 5.37. The molecule has 0 radical (unpaired) electrons. The van der Waals surface area contributed by atoms with Crippen LogP contribution in [0.5, 0.6) is 0 Å². The molecule has 2 aliphatic rings. The number of nitrogens with one attached hydrogen (secondary N) is 1. The van der Waals surface area contributed by atoms with Gasteiger partial charge in [-0.2, -0.15) is 0 Å². The first-order chi connectivity index (χ1) is 10.3. The highest BCUT2D eigenvalue weighted by atomic mass is 16.1. The van der Waals surface area contributed by atoms with E-state index in [9.17, 15) is 4.79 Å². The third kappa shape index (κ3) is 2.55. The van der Waals surface area contributed by atoms with Crippen molar-refractivity contribution in [2.75, 3.05) is 5.32 Å². The lowest BCUT2D eigenvalue weighted by molar-refractivity contribution is -0.117. The van der Waals surface area contributed by atoms with Crippen molar-refractivity contribution in [2.45, 2.75) is 32.1 Å². The number of benzene rings is 2. The van der Waals surface area contributed by atoms with Gasteiger partial charge in [0.05, 0.1) is 0 Å². The predicted molar refractivity (Wildman–Crippen MR) is 86.1 cm³/mol. The Labute approximate surface area is 125 Å². The Morgan fingerprint density at radius 2 is 1.90 bits per heavy atom. The van der Waals surface area contributed by atoms with Crippen LogP contribution < -0.4 is 5.32 Å². The minimum absolute atomic E-state index is 0.183. The molecule has 21 heavy (non-hydrogen) atoms. The molecule has 0 spiro atoms. The van der Waals surface area contributed by atoms with E-state index in [2.05, 4.69) is 29.6 Å². The number of hydrogen-bond donors (Lipinski definition) is 1. The molecule has 2 saturated carbocycles. The number of amides is 1. The van der Waals surface area contributed by atoms with Crippen LogP contribution in [0.2, 0.25) is 0 Å². The summed E-state index contributed by atoms with van der Waals surface area (Å²) in [5, 5.41) is 5.47. The summed E-state index contributed by atoms with van der Waals surface area (Å²) in [6.45, 7) is 0. The number of fused-ring (bicyclic) bond motifs is 3. The van der Waals surface area contributed by atoms with Crippen LogP contribution in [0.25, 0.3) is 10.8 Å². The molecular weight excluding hydrogens is 258 g/mol. The lowest BCUT2D eigenvalue weighted by Crippen LogP contribution is -2.20. The Kier molecular flexibility index (Phi) is 3.17. The zero-order valence-corrected chi connectivity index (χ0v) is 12.2. The second kappa shape index (κ2) is 5.18. The summed E-state index contributed by atoms with van der Waals surface area (Å²) in [6, 6.07) is 14.4. The molecule has 2 fully saturated rings. The van der Waals surface area contributed by atoms with Crippen molar-refractivity contribution in [2.24, 2.45) is 17.8 Å². The molecule has 0 heterocycles. The van der Waals surface area contributed by atoms with Gasteiger partial charge in [-0.05, 0) is 59.9 Å². The fourth-order valence-electron chi connectivity index (χ4n) is 4.34. The van der Waals surface area contributed by atoms with Crippen molar-refractivity contribution in [3.05, 3.63) is 42.5 Å². The number of rotatable bonds is 3. The molecule has 3 atom stereocenters. The van der Waals surface area contributed by atoms with E-state index in [1.807, 2.05) is 18.2 Å². The average Bonchev–Trinajstić information content (AvgIpc) is 3.09. The second-order valence-corrected chi connectivity index (χ2v) is 6.75. The largest absolute Gasteiger partial charge is 0.326 e. The topological polar surface area (TPSA) is 29.1 Å². The van der Waals surface area contributed by atoms with Crippen LogP contribution in [0, 0.1) is 17.8 Å². The molecule has 2 aromatic carbocycles. The van der Waals surface area contributed by atoms with Gasteiger partial charge in [0.1, 0.15) is 0 Å². The fraction of sp³-hybridized carbons (Fsp3) is 0.421. The molecule has 2 aliphatic carbocycles. The Hall–Kier alpha value is -1.83. The highest BCUT2D eigenvalue weighted by molar-refractivity contribution is 5.94. The van der Waals surface area contributed by atoms with E-state index >= 15 is 0 Å². The van der Waals surface area contributed by atoms with E-state index in [0.29, 0.717) is 12.3 Å². The van der Waals surface area contributed by atoms with E-state index in [1.165, 1.54) is 36.5 Å². The monoisotopic (exact) mass is 279 g/mol. The third-order valence-electron chi connectivity index (χ3n) is 5.37. The van der Waals surface area contributed by atoms with Crippen LogP contribution in [-0.2, 0) is 4.79 Å². The fourth-order valence-corrected chi connectivity index (χ4v) is 4.34. The zero-order chi connectivity index (χ0) is 14.2. The standard InChI is InChI=1S/C19H21NO/c21-19(12-17-10-13-5-6-16(17)9-13)20-18-8-7-14-3-1-2-4-15(14)11-18/h1-4,7-8,11,13,16-17H,5-6,9-10,12H2,(H,20,21)/t13-,16-,17-/m1/s1. The van der Waals surface area contributed by atoms with Gasteiger partial charge in [-0.1, -0.05) is 36.8 Å². The molecule has 0 aromatic heterocycles. The van der Waals surface area contributed by atoms with Gasteiger partial charge in [0, 0.05) is 12.1 Å². The van der Waals surface area contributed by atoms with Gasteiger partial charge < -0.3 is 5.32 Å². The van der Waals surface area contributed by atoms with Crippen LogP contribution in [0.15, 0.2) is 42.5 Å². The van der Waals surface area contributed by atoms with E-state index in [-0.39, 0.29) is 5.91 Å². The van der Waals surface area contributed by atoms with Crippen molar-refractivity contribution < 1.29 is 4.79 Å². The smallest absolute Gasteiger partial charge is 0.224 e. The number of anilines is 1. The molecule has 4 rings (SSSR count). The molecule has 0 aliphatic heterocycles. The lowest BCUT2D eigenvalue weighted by atomic mass is 9.86. The molecule has 2 heteroatoms. The Balaban J connectivity index is 1.43. The summed E-state index contributed by atoms with van der Waals surface area (Å²) >= 11 is 0. The summed E-state index contributed by atoms with van der Waals surface area (Å²) in [5.74, 6) is 2.54. The quantitative estimate of drug-likeness (QED) is 0.873. The van der Waals surface area contributed by atoms with Gasteiger partial charge in [-0.3, -0.25) is 4.79 Å². The molecule has 0 unspecified atom stereocenters. The van der Waals surface area contributed by atoms with Crippen LogP contribution in [-0.4, -0.2) is 5.91 Å². The molecule has 2 aromatic rings. The maximum absolute atomic E-state index is 12.3. The van der Waals surface area contributed by atoms with Crippen LogP contribution in [0.1, 0.15) is 32.1 Å². The van der Waals surface area contributed by atoms with E-state index in [4.69, 9.17) is 0 Å². The van der Waals surface area contributed by atoms with Crippen LogP contribution >= 0.6 is 0 Å². The normalized spacial score (nSPS) is 27.1. The Bertz CT molecular complexity index is 678. The number of hydrogen-bond acceptors (Lipinski definition) is 1. The maximum atomic E-state index is 12.3.